The number of aliphatic hydroxyl groups is 1. The molecule has 1 aromatic heterocycles. The third kappa shape index (κ3) is 4.86. The molecule has 7 heteroatoms. The van der Waals surface area contributed by atoms with Crippen LogP contribution < -0.4 is 4.74 Å². The van der Waals surface area contributed by atoms with Crippen LogP contribution in [0.1, 0.15) is 80.1 Å². The molecule has 1 aliphatic heterocycles. The smallest absolute Gasteiger partial charge is 0.244 e. The lowest BCUT2D eigenvalue weighted by molar-refractivity contribution is -0.135. The summed E-state index contributed by atoms with van der Waals surface area (Å²) in [6.07, 6.45) is 3.89. The maximum atomic E-state index is 13.7. The average Bonchev–Trinajstić information content (AvgIpc) is 3.34. The lowest BCUT2D eigenvalue weighted by atomic mass is 9.88. The van der Waals surface area contributed by atoms with Gasteiger partial charge in [0, 0.05) is 18.2 Å². The molecule has 3 atom stereocenters. The van der Waals surface area contributed by atoms with Crippen LogP contribution in [0.15, 0.2) is 18.2 Å². The molecule has 34 heavy (non-hydrogen) atoms. The molecule has 186 valence electrons. The molecule has 4 rings (SSSR count). The number of benzene rings is 1. The summed E-state index contributed by atoms with van der Waals surface area (Å²) < 4.78 is 13.6. The number of carbonyl (C=O) groups excluding carboxylic acids is 1. The van der Waals surface area contributed by atoms with Gasteiger partial charge in [0.15, 0.2) is 0 Å². The van der Waals surface area contributed by atoms with Gasteiger partial charge < -0.3 is 19.5 Å². The van der Waals surface area contributed by atoms with E-state index in [-0.39, 0.29) is 31.2 Å². The van der Waals surface area contributed by atoms with E-state index in [1.54, 1.807) is 21.0 Å². The van der Waals surface area contributed by atoms with E-state index in [0.717, 1.165) is 47.5 Å². The summed E-state index contributed by atoms with van der Waals surface area (Å²) in [6.45, 7) is 10.8. The summed E-state index contributed by atoms with van der Waals surface area (Å²) in [5, 5.41) is 15.1. The van der Waals surface area contributed by atoms with Crippen molar-refractivity contribution in [1.29, 1.82) is 0 Å². The van der Waals surface area contributed by atoms with E-state index in [2.05, 4.69) is 13.8 Å². The Labute approximate surface area is 203 Å². The number of nitrogens with zero attached hydrogens (tertiary/aromatic N) is 3. The highest BCUT2D eigenvalue weighted by atomic mass is 16.5. The van der Waals surface area contributed by atoms with E-state index in [1.807, 2.05) is 34.7 Å². The number of hydrogen-bond acceptors (Lipinski definition) is 5. The number of amides is 1. The summed E-state index contributed by atoms with van der Waals surface area (Å²) in [5.41, 5.74) is 4.68. The second kappa shape index (κ2) is 9.70. The van der Waals surface area contributed by atoms with Gasteiger partial charge >= 0.3 is 0 Å². The number of rotatable bonds is 7. The van der Waals surface area contributed by atoms with Crippen LogP contribution in [-0.2, 0) is 22.5 Å². The predicted octanol–water partition coefficient (Wildman–Crippen LogP) is 4.08. The zero-order valence-corrected chi connectivity index (χ0v) is 21.4. The third-order valence-corrected chi connectivity index (χ3v) is 7.36. The van der Waals surface area contributed by atoms with Gasteiger partial charge in [-0.05, 0) is 76.1 Å². The molecule has 0 unspecified atom stereocenters. The molecule has 1 aliphatic carbocycles. The monoisotopic (exact) mass is 469 g/mol. The van der Waals surface area contributed by atoms with E-state index < -0.39 is 5.60 Å². The fourth-order valence-electron chi connectivity index (χ4n) is 5.48. The first-order valence-corrected chi connectivity index (χ1v) is 12.4. The van der Waals surface area contributed by atoms with Gasteiger partial charge in [-0.1, -0.05) is 19.1 Å². The Morgan fingerprint density at radius 2 is 2.03 bits per heavy atom. The van der Waals surface area contributed by atoms with Crippen molar-refractivity contribution >= 4 is 5.91 Å². The Morgan fingerprint density at radius 3 is 2.71 bits per heavy atom. The molecule has 0 saturated carbocycles. The van der Waals surface area contributed by atoms with E-state index in [0.29, 0.717) is 12.5 Å². The Kier molecular flexibility index (Phi) is 7.06. The summed E-state index contributed by atoms with van der Waals surface area (Å²) in [6, 6.07) is 5.70. The Balaban J connectivity index is 1.62. The predicted molar refractivity (Wildman–Crippen MR) is 131 cm³/mol. The number of methoxy groups -OCH3 is 1. The first kappa shape index (κ1) is 24.7. The van der Waals surface area contributed by atoms with Gasteiger partial charge in [-0.15, -0.1) is 0 Å². The number of aromatic nitrogens is 2. The molecule has 2 aliphatic rings. The second-order valence-electron chi connectivity index (χ2n) is 10.6. The van der Waals surface area contributed by atoms with Crippen LogP contribution in [0.5, 0.6) is 5.75 Å². The normalized spacial score (nSPS) is 22.7. The SMILES string of the molecule is COc1cccc([C@@H]2[C@H](OCC(C)(C)O)CCN2C(=O)Cn2nc3c(c2C)CCC[C@@H]3C)c1C. The molecule has 0 bridgehead atoms. The molecule has 2 aromatic rings. The van der Waals surface area contributed by atoms with Crippen molar-refractivity contribution in [2.75, 3.05) is 20.3 Å². The molecule has 0 spiro atoms. The molecule has 7 nitrogen and oxygen atoms in total. The van der Waals surface area contributed by atoms with E-state index >= 15 is 0 Å². The van der Waals surface area contributed by atoms with Crippen molar-refractivity contribution < 1.29 is 19.4 Å². The molecule has 1 aromatic carbocycles. The van der Waals surface area contributed by atoms with Gasteiger partial charge in [-0.2, -0.15) is 5.10 Å². The van der Waals surface area contributed by atoms with Gasteiger partial charge in [-0.25, -0.2) is 0 Å². The Morgan fingerprint density at radius 1 is 1.26 bits per heavy atom. The summed E-state index contributed by atoms with van der Waals surface area (Å²) in [4.78, 5) is 15.6. The number of carbonyl (C=O) groups is 1. The Bertz CT molecular complexity index is 1040. The number of fused-ring (bicyclic) bond motifs is 1. The zero-order chi connectivity index (χ0) is 24.6. The van der Waals surface area contributed by atoms with Gasteiger partial charge in [-0.3, -0.25) is 9.48 Å². The Hall–Kier alpha value is -2.38. The lowest BCUT2D eigenvalue weighted by Crippen LogP contribution is -2.38. The maximum Gasteiger partial charge on any atom is 0.244 e. The number of ether oxygens (including phenoxy) is 2. The van der Waals surface area contributed by atoms with E-state index in [1.165, 1.54) is 12.0 Å². The minimum Gasteiger partial charge on any atom is -0.496 e. The summed E-state index contributed by atoms with van der Waals surface area (Å²) in [5.74, 6) is 1.28. The molecule has 1 N–H and O–H groups in total. The van der Waals surface area contributed by atoms with Crippen molar-refractivity contribution in [3.05, 3.63) is 46.3 Å². The van der Waals surface area contributed by atoms with Crippen LogP contribution in [0.4, 0.5) is 0 Å². The van der Waals surface area contributed by atoms with Crippen molar-refractivity contribution in [3.63, 3.8) is 0 Å². The zero-order valence-electron chi connectivity index (χ0n) is 21.4. The highest BCUT2D eigenvalue weighted by molar-refractivity contribution is 5.77. The van der Waals surface area contributed by atoms with Crippen LogP contribution in [0.2, 0.25) is 0 Å². The molecule has 1 saturated heterocycles. The third-order valence-electron chi connectivity index (χ3n) is 7.36. The average molecular weight is 470 g/mol. The van der Waals surface area contributed by atoms with Gasteiger partial charge in [0.1, 0.15) is 12.3 Å². The number of likely N-dealkylation sites (tertiary alicyclic amines) is 1. The van der Waals surface area contributed by atoms with Crippen LogP contribution >= 0.6 is 0 Å². The maximum absolute atomic E-state index is 13.7. The van der Waals surface area contributed by atoms with E-state index in [9.17, 15) is 9.90 Å². The van der Waals surface area contributed by atoms with Crippen molar-refractivity contribution in [1.82, 2.24) is 14.7 Å². The highest BCUT2D eigenvalue weighted by Gasteiger charge is 2.41. The van der Waals surface area contributed by atoms with Crippen molar-refractivity contribution in [3.8, 4) is 5.75 Å². The first-order valence-electron chi connectivity index (χ1n) is 12.4. The minimum atomic E-state index is -0.937. The molecular weight excluding hydrogens is 430 g/mol. The quantitative estimate of drug-likeness (QED) is 0.661. The topological polar surface area (TPSA) is 76.8 Å². The lowest BCUT2D eigenvalue weighted by Gasteiger charge is -2.31. The molecular formula is C27H39N3O4. The van der Waals surface area contributed by atoms with E-state index in [4.69, 9.17) is 14.6 Å². The second-order valence-corrected chi connectivity index (χ2v) is 10.6. The summed E-state index contributed by atoms with van der Waals surface area (Å²) in [7, 11) is 1.66. The van der Waals surface area contributed by atoms with Crippen molar-refractivity contribution in [2.24, 2.45) is 0 Å². The molecule has 1 fully saturated rings. The molecule has 2 heterocycles. The standard InChI is InChI=1S/C27H39N3O4/c1-17-9-7-11-21-19(3)30(28-25(17)21)15-24(31)29-14-13-23(34-16-27(4,5)32)26(29)20-10-8-12-22(33-6)18(20)2/h8,10,12,17,23,26,32H,7,9,11,13-16H2,1-6H3/t17-,23+,26+/m0/s1. The van der Waals surface area contributed by atoms with Crippen LogP contribution in [0, 0.1) is 13.8 Å². The van der Waals surface area contributed by atoms with Crippen LogP contribution in [-0.4, -0.2) is 57.7 Å². The fraction of sp³-hybridized carbons (Fsp3) is 0.630. The van der Waals surface area contributed by atoms with Gasteiger partial charge in [0.25, 0.3) is 0 Å². The fourth-order valence-corrected chi connectivity index (χ4v) is 5.48. The highest BCUT2D eigenvalue weighted by Crippen LogP contribution is 2.39. The molecule has 1 amide bonds. The summed E-state index contributed by atoms with van der Waals surface area (Å²) >= 11 is 0. The van der Waals surface area contributed by atoms with Gasteiger partial charge in [0.2, 0.25) is 5.91 Å². The first-order chi connectivity index (χ1) is 16.1. The largest absolute Gasteiger partial charge is 0.496 e. The van der Waals surface area contributed by atoms with Crippen LogP contribution in [0.25, 0.3) is 0 Å². The van der Waals surface area contributed by atoms with Crippen LogP contribution in [0.3, 0.4) is 0 Å². The number of hydrogen-bond donors (Lipinski definition) is 1. The minimum absolute atomic E-state index is 0.0391. The molecule has 0 radical (unpaired) electrons. The van der Waals surface area contributed by atoms with Crippen molar-refractivity contribution in [2.45, 2.75) is 90.5 Å². The van der Waals surface area contributed by atoms with Gasteiger partial charge in [0.05, 0.1) is 37.2 Å².